The minimum atomic E-state index is -1.58. The minimum absolute atomic E-state index is 0.124. The molecule has 0 unspecified atom stereocenters. The predicted molar refractivity (Wildman–Crippen MR) is 210 cm³/mol. The first-order valence-corrected chi connectivity index (χ1v) is 18.9. The molecule has 0 spiro atoms. The average Bonchev–Trinajstić information content (AvgIpc) is 3.21. The first-order valence-electron chi connectivity index (χ1n) is 18.9. The number of carbonyl (C=O) groups excluding carboxylic acids is 1. The van der Waals surface area contributed by atoms with Crippen molar-refractivity contribution in [3.05, 3.63) is 178 Å². The Morgan fingerprint density at radius 2 is 1.24 bits per heavy atom. The molecule has 1 fully saturated rings. The maximum atomic E-state index is 14.7. The van der Waals surface area contributed by atoms with Gasteiger partial charge in [0, 0.05) is 19.6 Å². The predicted octanol–water partition coefficient (Wildman–Crippen LogP) is 9.33. The lowest BCUT2D eigenvalue weighted by atomic mass is 9.78. The summed E-state index contributed by atoms with van der Waals surface area (Å²) < 4.78 is 55.4. The topological polar surface area (TPSA) is 72.5 Å². The van der Waals surface area contributed by atoms with Gasteiger partial charge in [0.25, 0.3) is 0 Å². The highest BCUT2D eigenvalue weighted by molar-refractivity contribution is 5.66. The molecule has 288 valence electrons. The summed E-state index contributed by atoms with van der Waals surface area (Å²) in [6, 6.07) is 41.1. The first-order chi connectivity index (χ1) is 26.7. The molecule has 5 aromatic rings. The van der Waals surface area contributed by atoms with Gasteiger partial charge in [-0.15, -0.1) is 0 Å². The van der Waals surface area contributed by atoms with E-state index in [4.69, 9.17) is 28.4 Å². The van der Waals surface area contributed by atoms with Crippen molar-refractivity contribution in [1.82, 2.24) is 0 Å². The average molecular weight is 747 g/mol. The van der Waals surface area contributed by atoms with Crippen molar-refractivity contribution in [1.29, 1.82) is 0 Å². The molecule has 0 amide bonds. The van der Waals surface area contributed by atoms with Gasteiger partial charge in [-0.05, 0) is 77.8 Å². The highest BCUT2D eigenvalue weighted by Gasteiger charge is 2.64. The van der Waals surface area contributed by atoms with E-state index in [0.717, 1.165) is 33.4 Å². The van der Waals surface area contributed by atoms with Crippen LogP contribution in [0.25, 0.3) is 0 Å². The zero-order valence-corrected chi connectivity index (χ0v) is 32.3. The van der Waals surface area contributed by atoms with Crippen LogP contribution in [0.15, 0.2) is 127 Å². The second-order valence-corrected chi connectivity index (χ2v) is 14.3. The van der Waals surface area contributed by atoms with Crippen molar-refractivity contribution in [3.8, 4) is 0 Å². The van der Waals surface area contributed by atoms with Gasteiger partial charge >= 0.3 is 5.97 Å². The lowest BCUT2D eigenvalue weighted by molar-refractivity contribution is -0.414. The van der Waals surface area contributed by atoms with Crippen molar-refractivity contribution in [3.63, 3.8) is 0 Å². The Labute approximate surface area is 324 Å². The van der Waals surface area contributed by atoms with Crippen molar-refractivity contribution in [2.75, 3.05) is 13.7 Å². The van der Waals surface area contributed by atoms with E-state index in [1.807, 2.05) is 129 Å². The van der Waals surface area contributed by atoms with Gasteiger partial charge in [0.2, 0.25) is 5.79 Å². The first kappa shape index (κ1) is 40.0. The van der Waals surface area contributed by atoms with E-state index in [2.05, 4.69) is 0 Å². The summed E-state index contributed by atoms with van der Waals surface area (Å²) in [5, 5.41) is 0. The fourth-order valence-corrected chi connectivity index (χ4v) is 7.26. The van der Waals surface area contributed by atoms with Crippen molar-refractivity contribution >= 4 is 5.97 Å². The number of hydrogen-bond donors (Lipinski definition) is 0. The Kier molecular flexibility index (Phi) is 13.3. The van der Waals surface area contributed by atoms with Crippen LogP contribution in [0, 0.1) is 19.7 Å². The largest absolute Gasteiger partial charge is 0.463 e. The van der Waals surface area contributed by atoms with Gasteiger partial charge in [0.05, 0.1) is 19.8 Å². The van der Waals surface area contributed by atoms with Crippen molar-refractivity contribution in [2.45, 2.75) is 90.1 Å². The molecule has 1 aliphatic heterocycles. The third-order valence-corrected chi connectivity index (χ3v) is 10.5. The number of hydrogen-bond acceptors (Lipinski definition) is 7. The molecule has 0 aromatic heterocycles. The molecule has 1 aliphatic rings. The number of halogens is 1. The molecule has 0 aliphatic carbocycles. The lowest BCUT2D eigenvalue weighted by Crippen LogP contribution is -2.71. The molecule has 1 heterocycles. The summed E-state index contributed by atoms with van der Waals surface area (Å²) in [7, 11) is 1.60. The van der Waals surface area contributed by atoms with E-state index in [-0.39, 0.29) is 32.2 Å². The van der Waals surface area contributed by atoms with E-state index in [1.165, 1.54) is 6.92 Å². The molecule has 7 nitrogen and oxygen atoms in total. The Morgan fingerprint density at radius 1 is 0.691 bits per heavy atom. The molecule has 5 atom stereocenters. The van der Waals surface area contributed by atoms with Gasteiger partial charge in [0.15, 0.2) is 0 Å². The normalized spacial score (nSPS) is 22.3. The van der Waals surface area contributed by atoms with E-state index in [9.17, 15) is 9.18 Å². The van der Waals surface area contributed by atoms with Crippen LogP contribution in [-0.4, -0.2) is 43.6 Å². The zero-order valence-electron chi connectivity index (χ0n) is 32.3. The standard InChI is InChI=1S/C47H51FO7/c1-6-46(32-54-35(4)49)44(52-30-37-18-12-8-13-19-37)43(51-29-36-16-10-7-11-17-36)45(53-31-38-20-14-9-15-21-38)47(50-5,55-46)41-25-23-33(2)40(28-41)26-39-24-22-34(3)42(48)27-39/h7-25,27-28,43-45H,6,26,29-32H2,1-5H3/t43-,44-,45+,46+,47-/m0/s1. The van der Waals surface area contributed by atoms with Crippen LogP contribution >= 0.6 is 0 Å². The zero-order chi connectivity index (χ0) is 38.8. The Balaban J connectivity index is 1.51. The molecule has 55 heavy (non-hydrogen) atoms. The number of ether oxygens (including phenoxy) is 6. The number of rotatable bonds is 16. The Hall–Kier alpha value is -4.70. The molecular formula is C47H51FO7. The molecule has 5 aromatic carbocycles. The summed E-state index contributed by atoms with van der Waals surface area (Å²) in [5.74, 6) is -2.28. The van der Waals surface area contributed by atoms with Crippen molar-refractivity contribution in [2.24, 2.45) is 0 Å². The smallest absolute Gasteiger partial charge is 0.302 e. The monoisotopic (exact) mass is 746 g/mol. The Bertz CT molecular complexity index is 1990. The molecule has 6 rings (SSSR count). The Morgan fingerprint density at radius 3 is 1.76 bits per heavy atom. The number of carbonyl (C=O) groups is 1. The molecule has 0 radical (unpaired) electrons. The van der Waals surface area contributed by atoms with Crippen LogP contribution in [-0.2, 0) is 65.2 Å². The van der Waals surface area contributed by atoms with Crippen LogP contribution in [0.3, 0.4) is 0 Å². The summed E-state index contributed by atoms with van der Waals surface area (Å²) in [6.45, 7) is 7.74. The fourth-order valence-electron chi connectivity index (χ4n) is 7.26. The van der Waals surface area contributed by atoms with E-state index < -0.39 is 35.7 Å². The van der Waals surface area contributed by atoms with Gasteiger partial charge in [0.1, 0.15) is 36.3 Å². The number of benzene rings is 5. The van der Waals surface area contributed by atoms with E-state index in [0.29, 0.717) is 24.0 Å². The molecule has 0 N–H and O–H groups in total. The van der Waals surface area contributed by atoms with Gasteiger partial charge < -0.3 is 28.4 Å². The molecule has 1 saturated heterocycles. The van der Waals surface area contributed by atoms with Gasteiger partial charge in [-0.3, -0.25) is 4.79 Å². The number of esters is 1. The van der Waals surface area contributed by atoms with Crippen LogP contribution in [0.2, 0.25) is 0 Å². The van der Waals surface area contributed by atoms with Crippen molar-refractivity contribution < 1.29 is 37.6 Å². The SMILES string of the molecule is CC[C@]1(COC(C)=O)O[C@@](OC)(c2ccc(C)c(Cc3ccc(C)c(F)c3)c2)[C@H](OCc2ccccc2)[C@@H](OCc2ccccc2)[C@@H]1OCc1ccccc1. The van der Waals surface area contributed by atoms with Crippen LogP contribution in [0.1, 0.15) is 64.8 Å². The quantitative estimate of drug-likeness (QED) is 0.0933. The highest BCUT2D eigenvalue weighted by atomic mass is 19.1. The second kappa shape index (κ2) is 18.3. The molecule has 0 bridgehead atoms. The lowest BCUT2D eigenvalue weighted by Gasteiger charge is -2.57. The van der Waals surface area contributed by atoms with E-state index >= 15 is 0 Å². The highest BCUT2D eigenvalue weighted by Crippen LogP contribution is 2.49. The van der Waals surface area contributed by atoms with Gasteiger partial charge in [-0.1, -0.05) is 122 Å². The maximum Gasteiger partial charge on any atom is 0.302 e. The van der Waals surface area contributed by atoms with Crippen LogP contribution in [0.5, 0.6) is 0 Å². The summed E-state index contributed by atoms with van der Waals surface area (Å²) >= 11 is 0. The number of aryl methyl sites for hydroxylation is 2. The minimum Gasteiger partial charge on any atom is -0.463 e. The third kappa shape index (κ3) is 9.40. The summed E-state index contributed by atoms with van der Waals surface area (Å²) in [4.78, 5) is 12.5. The molecular weight excluding hydrogens is 696 g/mol. The van der Waals surface area contributed by atoms with Gasteiger partial charge in [-0.2, -0.15) is 0 Å². The molecule has 0 saturated carbocycles. The summed E-state index contributed by atoms with van der Waals surface area (Å²) in [6.07, 6.45) is -1.62. The van der Waals surface area contributed by atoms with E-state index in [1.54, 1.807) is 26.2 Å². The third-order valence-electron chi connectivity index (χ3n) is 10.5. The number of methoxy groups -OCH3 is 1. The molecule has 8 heteroatoms. The fraction of sp³-hybridized carbons (Fsp3) is 0.340. The van der Waals surface area contributed by atoms with Crippen LogP contribution in [0.4, 0.5) is 4.39 Å². The van der Waals surface area contributed by atoms with Crippen LogP contribution < -0.4 is 0 Å². The second-order valence-electron chi connectivity index (χ2n) is 14.3. The van der Waals surface area contributed by atoms with Gasteiger partial charge in [-0.25, -0.2) is 4.39 Å². The summed E-state index contributed by atoms with van der Waals surface area (Å²) in [5.41, 5.74) is 5.73. The maximum absolute atomic E-state index is 14.7.